The SMILES string of the molecule is CNc1cc(F)ccc1C(=N)c1cnc2c(n1)c(C(=O)N[C@H](C)C1CCCO1)cn2SF. The van der Waals surface area contributed by atoms with Gasteiger partial charge >= 0.3 is 0 Å². The first-order valence-corrected chi connectivity index (χ1v) is 10.8. The minimum atomic E-state index is -0.441. The van der Waals surface area contributed by atoms with Gasteiger partial charge in [-0.25, -0.2) is 18.3 Å². The van der Waals surface area contributed by atoms with Crippen molar-refractivity contribution in [1.29, 1.82) is 5.41 Å². The van der Waals surface area contributed by atoms with Crippen molar-refractivity contribution in [3.05, 3.63) is 53.2 Å². The number of carbonyl (C=O) groups excluding carboxylic acids is 1. The highest BCUT2D eigenvalue weighted by molar-refractivity contribution is 7.92. The fourth-order valence-corrected chi connectivity index (χ4v) is 4.10. The average molecular weight is 461 g/mol. The second-order valence-corrected chi connectivity index (χ2v) is 8.02. The van der Waals surface area contributed by atoms with Crippen LogP contribution < -0.4 is 10.6 Å². The molecule has 2 aromatic heterocycles. The van der Waals surface area contributed by atoms with Crippen LogP contribution >= 0.6 is 12.3 Å². The van der Waals surface area contributed by atoms with E-state index in [4.69, 9.17) is 10.1 Å². The van der Waals surface area contributed by atoms with Crippen molar-refractivity contribution >= 4 is 40.8 Å². The Balaban J connectivity index is 1.70. The van der Waals surface area contributed by atoms with Crippen molar-refractivity contribution < 1.29 is 17.8 Å². The van der Waals surface area contributed by atoms with Crippen LogP contribution in [0.5, 0.6) is 0 Å². The maximum absolute atomic E-state index is 13.6. The number of nitrogens with one attached hydrogen (secondary N) is 3. The summed E-state index contributed by atoms with van der Waals surface area (Å²) in [6, 6.07) is 3.76. The quantitative estimate of drug-likeness (QED) is 0.465. The van der Waals surface area contributed by atoms with Gasteiger partial charge in [0.15, 0.2) is 18.0 Å². The fourth-order valence-electron chi connectivity index (χ4n) is 3.76. The minimum Gasteiger partial charge on any atom is -0.387 e. The summed E-state index contributed by atoms with van der Waals surface area (Å²) >= 11 is -0.0968. The van der Waals surface area contributed by atoms with Crippen LogP contribution in [-0.4, -0.2) is 51.4 Å². The van der Waals surface area contributed by atoms with Crippen LogP contribution in [0.1, 0.15) is 41.4 Å². The van der Waals surface area contributed by atoms with Gasteiger partial charge in [-0.2, -0.15) is 0 Å². The summed E-state index contributed by atoms with van der Waals surface area (Å²) in [7, 11) is 1.62. The lowest BCUT2D eigenvalue weighted by Crippen LogP contribution is -2.40. The van der Waals surface area contributed by atoms with E-state index < -0.39 is 11.7 Å². The first kappa shape index (κ1) is 22.2. The van der Waals surface area contributed by atoms with E-state index in [1.807, 2.05) is 6.92 Å². The van der Waals surface area contributed by atoms with Gasteiger partial charge in [-0.15, -0.1) is 3.89 Å². The molecule has 1 amide bonds. The predicted octanol–water partition coefficient (Wildman–Crippen LogP) is 3.71. The van der Waals surface area contributed by atoms with Crippen LogP contribution in [0.3, 0.4) is 0 Å². The van der Waals surface area contributed by atoms with Gasteiger partial charge in [0.1, 0.15) is 17.0 Å². The monoisotopic (exact) mass is 460 g/mol. The summed E-state index contributed by atoms with van der Waals surface area (Å²) in [4.78, 5) is 21.6. The highest BCUT2D eigenvalue weighted by Crippen LogP contribution is 2.26. The molecule has 0 radical (unpaired) electrons. The molecule has 1 aliphatic heterocycles. The number of aromatic nitrogens is 3. The maximum Gasteiger partial charge on any atom is 0.255 e. The Hall–Kier alpha value is -3.05. The van der Waals surface area contributed by atoms with Crippen LogP contribution in [0.25, 0.3) is 11.2 Å². The van der Waals surface area contributed by atoms with Crippen molar-refractivity contribution in [1.82, 2.24) is 19.3 Å². The molecule has 4 rings (SSSR count). The standard InChI is InChI=1S/C21H22F2N6O2S/c1-11(17-4-3-7-31-17)27-21(30)14-10-29(32-23)20-19(14)28-16(9-26-20)18(24)13-6-5-12(22)8-15(13)25-2/h5-6,8-11,17,24-25H,3-4,7H2,1-2H3,(H,27,30)/t11-,17?/m1/s1. The van der Waals surface area contributed by atoms with Crippen molar-refractivity contribution in [2.24, 2.45) is 0 Å². The van der Waals surface area contributed by atoms with E-state index in [1.54, 1.807) is 7.05 Å². The Morgan fingerprint density at radius 2 is 2.22 bits per heavy atom. The molecule has 1 aromatic carbocycles. The Kier molecular flexibility index (Phi) is 6.38. The lowest BCUT2D eigenvalue weighted by atomic mass is 10.0. The molecular weight excluding hydrogens is 438 g/mol. The second kappa shape index (κ2) is 9.21. The highest BCUT2D eigenvalue weighted by atomic mass is 32.2. The van der Waals surface area contributed by atoms with E-state index >= 15 is 0 Å². The van der Waals surface area contributed by atoms with Gasteiger partial charge < -0.3 is 15.4 Å². The normalized spacial score (nSPS) is 16.8. The van der Waals surface area contributed by atoms with Gasteiger partial charge in [0.2, 0.25) is 0 Å². The topological polar surface area (TPSA) is 105 Å². The third-order valence-corrected chi connectivity index (χ3v) is 5.87. The third-order valence-electron chi connectivity index (χ3n) is 5.44. The molecule has 1 unspecified atom stereocenters. The fraction of sp³-hybridized carbons (Fsp3) is 0.333. The van der Waals surface area contributed by atoms with E-state index in [0.717, 1.165) is 16.8 Å². The van der Waals surface area contributed by atoms with Crippen LogP contribution in [0.4, 0.5) is 14.0 Å². The number of hydrogen-bond acceptors (Lipinski definition) is 7. The molecule has 0 spiro atoms. The number of rotatable bonds is 7. The van der Waals surface area contributed by atoms with Crippen LogP contribution in [-0.2, 0) is 4.74 Å². The van der Waals surface area contributed by atoms with Crippen molar-refractivity contribution in [3.63, 3.8) is 0 Å². The van der Waals surface area contributed by atoms with Crippen LogP contribution in [0.15, 0.2) is 30.6 Å². The van der Waals surface area contributed by atoms with E-state index in [2.05, 4.69) is 20.6 Å². The van der Waals surface area contributed by atoms with Crippen molar-refractivity contribution in [2.75, 3.05) is 19.0 Å². The van der Waals surface area contributed by atoms with Gasteiger partial charge in [-0.05, 0) is 38.0 Å². The van der Waals surface area contributed by atoms with E-state index in [9.17, 15) is 13.1 Å². The molecule has 2 atom stereocenters. The summed E-state index contributed by atoms with van der Waals surface area (Å²) in [5.41, 5.74) is 1.47. The molecule has 0 bridgehead atoms. The number of ether oxygens (including phenoxy) is 1. The molecule has 1 aliphatic rings. The van der Waals surface area contributed by atoms with Gasteiger partial charge in [-0.3, -0.25) is 10.2 Å². The number of benzene rings is 1. The molecule has 8 nitrogen and oxygen atoms in total. The van der Waals surface area contributed by atoms with Gasteiger partial charge in [0.05, 0.1) is 29.6 Å². The lowest BCUT2D eigenvalue weighted by molar-refractivity contribution is 0.0713. The van der Waals surface area contributed by atoms with E-state index in [0.29, 0.717) is 17.9 Å². The van der Waals surface area contributed by atoms with Crippen LogP contribution in [0.2, 0.25) is 0 Å². The highest BCUT2D eigenvalue weighted by Gasteiger charge is 2.26. The zero-order valence-electron chi connectivity index (χ0n) is 17.5. The van der Waals surface area contributed by atoms with Crippen molar-refractivity contribution in [3.8, 4) is 0 Å². The zero-order valence-corrected chi connectivity index (χ0v) is 18.3. The molecule has 3 heterocycles. The molecular formula is C21H22F2N6O2S. The molecule has 3 N–H and O–H groups in total. The van der Waals surface area contributed by atoms with Gasteiger partial charge in [0, 0.05) is 31.1 Å². The number of carbonyl (C=O) groups is 1. The Bertz CT molecular complexity index is 1180. The first-order chi connectivity index (χ1) is 15.4. The summed E-state index contributed by atoms with van der Waals surface area (Å²) in [6.07, 6.45) is 4.39. The van der Waals surface area contributed by atoms with Gasteiger partial charge in [-0.1, -0.05) is 0 Å². The Morgan fingerprint density at radius 3 is 2.91 bits per heavy atom. The lowest BCUT2D eigenvalue weighted by Gasteiger charge is -2.19. The molecule has 32 heavy (non-hydrogen) atoms. The average Bonchev–Trinajstić information content (AvgIpc) is 3.46. The first-order valence-electron chi connectivity index (χ1n) is 10.1. The van der Waals surface area contributed by atoms with E-state index in [1.165, 1.54) is 30.6 Å². The molecule has 3 aromatic rings. The van der Waals surface area contributed by atoms with Crippen LogP contribution in [0, 0.1) is 11.2 Å². The third kappa shape index (κ3) is 4.17. The number of anilines is 1. The van der Waals surface area contributed by atoms with E-state index in [-0.39, 0.29) is 52.6 Å². The molecule has 168 valence electrons. The largest absolute Gasteiger partial charge is 0.387 e. The zero-order chi connectivity index (χ0) is 22.8. The van der Waals surface area contributed by atoms with Gasteiger partial charge in [0.25, 0.3) is 5.91 Å². The summed E-state index contributed by atoms with van der Waals surface area (Å²) in [5.74, 6) is -0.870. The molecule has 1 saturated heterocycles. The predicted molar refractivity (Wildman–Crippen MR) is 119 cm³/mol. The summed E-state index contributed by atoms with van der Waals surface area (Å²) in [5, 5.41) is 14.3. The molecule has 1 fully saturated rings. The minimum absolute atomic E-state index is 0.0107. The molecule has 11 heteroatoms. The number of hydrogen-bond donors (Lipinski definition) is 3. The van der Waals surface area contributed by atoms with Crippen molar-refractivity contribution in [2.45, 2.75) is 31.9 Å². The smallest absolute Gasteiger partial charge is 0.255 e. The Labute approximate surface area is 187 Å². The second-order valence-electron chi connectivity index (χ2n) is 7.49. The number of halogens is 2. The summed E-state index contributed by atoms with van der Waals surface area (Å²) in [6.45, 7) is 2.52. The number of nitrogens with zero attached hydrogens (tertiary/aromatic N) is 3. The Morgan fingerprint density at radius 1 is 1.41 bits per heavy atom. The molecule has 0 saturated carbocycles. The maximum atomic E-state index is 13.6. The molecule has 0 aliphatic carbocycles. The number of fused-ring (bicyclic) bond motifs is 1. The number of amides is 1. The summed E-state index contributed by atoms with van der Waals surface area (Å²) < 4.78 is 33.8.